The van der Waals surface area contributed by atoms with Crippen molar-refractivity contribution in [2.45, 2.75) is 125 Å². The van der Waals surface area contributed by atoms with E-state index in [1.54, 1.807) is 116 Å². The number of phosphoric acid groups is 1. The Bertz CT molecular complexity index is 7250. The molecule has 142 heavy (non-hydrogen) atoms. The van der Waals surface area contributed by atoms with Crippen molar-refractivity contribution < 1.29 is 116 Å². The van der Waals surface area contributed by atoms with Crippen molar-refractivity contribution in [2.75, 3.05) is 87.2 Å². The highest BCUT2D eigenvalue weighted by Crippen LogP contribution is 2.63. The molecular weight excluding hydrogens is 2030 g/mol. The lowest BCUT2D eigenvalue weighted by molar-refractivity contribution is -0.184. The highest BCUT2D eigenvalue weighted by atomic mass is 32.9. The number of benzene rings is 3. The van der Waals surface area contributed by atoms with Crippen molar-refractivity contribution in [3.8, 4) is 0 Å². The van der Waals surface area contributed by atoms with E-state index in [0.717, 1.165) is 21.0 Å². The molecule has 8 aliphatic heterocycles. The van der Waals surface area contributed by atoms with Crippen LogP contribution in [0.2, 0.25) is 0 Å². The summed E-state index contributed by atoms with van der Waals surface area (Å²) in [4.78, 5) is 169. The smallest absolute Gasteiger partial charge is 0.367 e. The summed E-state index contributed by atoms with van der Waals surface area (Å²) in [6.45, 7) is 9.57. The van der Waals surface area contributed by atoms with E-state index in [9.17, 15) is 47.9 Å². The second-order valence-electron chi connectivity index (χ2n) is 32.6. The Labute approximate surface area is 818 Å². The maximum atomic E-state index is 16.6. The van der Waals surface area contributed by atoms with Gasteiger partial charge in [0.25, 0.3) is 27.7 Å². The summed E-state index contributed by atoms with van der Waals surface area (Å²) in [5, 5.41) is 11.4. The molecule has 0 saturated carbocycles. The molecule has 4 amide bonds. The number of imidazole rings is 4. The number of aromatic nitrogens is 17. The normalized spacial score (nSPS) is 28.7. The van der Waals surface area contributed by atoms with Gasteiger partial charge >= 0.3 is 29.9 Å². The zero-order chi connectivity index (χ0) is 98.8. The number of pyridine rings is 1. The Hall–Kier alpha value is -11.4. The lowest BCUT2D eigenvalue weighted by atomic mass is 10.0. The van der Waals surface area contributed by atoms with Crippen molar-refractivity contribution in [3.05, 3.63) is 218 Å². The third-order valence-corrected chi connectivity index (χ3v) is 31.3. The molecule has 11 N–H and O–H groups in total. The topological polar surface area (TPSA) is 610 Å². The average molecular weight is 2110 g/mol. The number of H-pyrrole nitrogens is 2. The Morgan fingerprint density at radius 2 is 1.01 bits per heavy atom. The van der Waals surface area contributed by atoms with Gasteiger partial charge in [-0.1, -0.05) is 92.6 Å². The first-order chi connectivity index (χ1) is 67.9. The van der Waals surface area contributed by atoms with Crippen LogP contribution in [0.25, 0.3) is 64.4 Å². The predicted molar refractivity (Wildman–Crippen MR) is 506 cm³/mol. The summed E-state index contributed by atoms with van der Waals surface area (Å²) >= 11 is 11.7. The number of ether oxygens (including phenoxy) is 6. The van der Waals surface area contributed by atoms with E-state index in [4.69, 9.17) is 110 Å². The number of hydrogen-bond donors (Lipinski definition) is 9. The molecule has 0 aliphatic carbocycles. The van der Waals surface area contributed by atoms with Gasteiger partial charge in [-0.25, -0.2) is 66.4 Å². The molecule has 8 bridgehead atoms. The summed E-state index contributed by atoms with van der Waals surface area (Å²) in [6, 6.07) is 30.4. The summed E-state index contributed by atoms with van der Waals surface area (Å²) in [5.41, 5.74) is -3.72. The van der Waals surface area contributed by atoms with Crippen LogP contribution in [0.1, 0.15) is 73.3 Å². The molecule has 10 aromatic heterocycles. The second-order valence-corrected chi connectivity index (χ2v) is 43.0. The number of nitrogens with zero attached hydrogens (tertiary/aromatic N) is 17. The molecule has 4 unspecified atom stereocenters. The fourth-order valence-electron chi connectivity index (χ4n) is 15.8. The molecule has 0 radical (unpaired) electrons. The summed E-state index contributed by atoms with van der Waals surface area (Å²) in [5.74, 6) is -2.89. The zero-order valence-electron chi connectivity index (χ0n) is 74.4. The Morgan fingerprint density at radius 1 is 0.563 bits per heavy atom. The van der Waals surface area contributed by atoms with Gasteiger partial charge < -0.3 is 91.8 Å². The maximum absolute atomic E-state index is 16.6. The molecular formula is C82H84F2N24O26P4S4. The summed E-state index contributed by atoms with van der Waals surface area (Å²) < 4.78 is 151. The number of phosphoric ester groups is 1. The molecule has 8 saturated heterocycles. The molecule has 746 valence electrons. The first-order valence-electron chi connectivity index (χ1n) is 42.8. The van der Waals surface area contributed by atoms with Crippen LogP contribution in [0.5, 0.6) is 0 Å². The standard InChI is InChI=1S/C35H36FN11O13P2S.C35H36FN11O12P2S.C7H4OS2.C5H5N.H3N/c1-17(2)29(48)44-34-43-28-22(31(50)45-34)41-16-47(28)32-23-20(36)19(57-32)11-55-62(63,54-10-9-37-3)60-25-24-33(58-35(25,12-53-24)13-56-61(51,52)59-23)46-15-40-21-26(38-14-39-27(21)46)42-30(49)18-7-5-4-6-8-18;1-17(2)29(48)44-34-43-28-22(31(50)45-34)41-16-47(28)32-23-20(36)19(56-32)11-55-61(62,54-10-9-37-3)59-25-24-33(57-35(25,12-52-24)13-53-60(51)58-23)46-15-40-21-26(38-14-39-27(21)46)42-30(49)18-7-5-4-6-8-18;8-7-5-3-1-2-4-6(5)9-10-7;1-2-4-6-5-3-1;/h4-8,14-17,19-20,23-25,32-33H,9-13H2,1-2H3,(H,51,52)(H,38,39,42,49)(H2,43,44,45,48,50);4-8,14-17,19-20,23-25,32-33,51H,9-13H2,1-2H3,(H,38,39,42,49)(H2,43,44,45,48,50);1-4H;1-5H;1H3/t19-,20+,23-,24-,25+,32-,33-,35-,62?;19-,20+,23-,24-,25+,32-,33-,35-,60?,61?;;;/m11.../s1. The highest BCUT2D eigenvalue weighted by Gasteiger charge is 2.68. The van der Waals surface area contributed by atoms with Gasteiger partial charge in [0.15, 0.2) is 93.5 Å². The molecule has 8 aliphatic rings. The van der Waals surface area contributed by atoms with Gasteiger partial charge in [-0.3, -0.25) is 95.5 Å². The first kappa shape index (κ1) is 102. The number of carbonyl (C=O) groups is 4. The number of anilines is 4. The predicted octanol–water partition coefficient (Wildman–Crippen LogP) is 9.26. The van der Waals surface area contributed by atoms with E-state index in [-0.39, 0.29) is 119 Å². The molecule has 60 heteroatoms. The van der Waals surface area contributed by atoms with Crippen molar-refractivity contribution >= 4 is 176 Å². The van der Waals surface area contributed by atoms with Crippen LogP contribution in [0, 0.1) is 25.0 Å². The minimum atomic E-state index is -5.28. The Balaban J connectivity index is 0.000000167. The van der Waals surface area contributed by atoms with Crippen LogP contribution in [-0.4, -0.2) is 255 Å². The second kappa shape index (κ2) is 43.3. The van der Waals surface area contributed by atoms with Crippen molar-refractivity contribution in [2.24, 2.45) is 11.8 Å². The number of halogens is 2. The SMILES string of the molecule is N.O=c1ssc2ccccc12.[C-]#[N+]CCOP1(=S)OC[C@H]2O[C@@H](n3cnc4c(=O)[nH]c(NC(=O)C(C)C)nc43)[C@H](OP(=O)(O)OC[C@@]34CO[C@@H]([C@H](n5cnc6c(NC(=O)c7ccccc7)ncnc65)O3)[C@@H]4O1)[C@H]2F.[C-]#[N+]CCOP1(=S)OC[C@H]2O[C@@H](n3cnc4c(=O)[nH]c(NC(=O)C(C)C)nc43)[C@H](OP(O)OC[C@@]34CO[C@@H]([C@H](n5cnc6c(NC(=O)c7ccccc7)ncnc65)O3)[C@@H]4O1)[C@H]2F.c1ccncc1. The van der Waals surface area contributed by atoms with Gasteiger partial charge in [-0.05, 0) is 82.5 Å². The molecule has 20 atom stereocenters. The molecule has 0 spiro atoms. The summed E-state index contributed by atoms with van der Waals surface area (Å²) in [6.07, 6.45) is -9.33. The van der Waals surface area contributed by atoms with Gasteiger partial charge in [0.1, 0.15) is 85.9 Å². The van der Waals surface area contributed by atoms with Gasteiger partial charge in [0, 0.05) is 40.1 Å². The van der Waals surface area contributed by atoms with E-state index in [1.807, 2.05) is 42.5 Å². The van der Waals surface area contributed by atoms with Crippen LogP contribution >= 0.6 is 50.5 Å². The number of rotatable bonds is 18. The van der Waals surface area contributed by atoms with E-state index >= 15 is 8.78 Å². The minimum absolute atomic E-state index is 0. The van der Waals surface area contributed by atoms with Crippen LogP contribution in [-0.2, 0) is 111 Å². The first-order valence-corrected chi connectivity index (χ1v) is 52.7. The van der Waals surface area contributed by atoms with Gasteiger partial charge in [-0.15, -0.1) is 0 Å². The molecule has 50 nitrogen and oxygen atoms in total. The molecule has 21 rings (SSSR count). The molecule has 8 fully saturated rings. The summed E-state index contributed by atoms with van der Waals surface area (Å²) in [7, 11) is -5.34. The fraction of sp³-hybridized carbons (Fsp3) is 0.390. The lowest BCUT2D eigenvalue weighted by Crippen LogP contribution is -2.46. The van der Waals surface area contributed by atoms with Crippen molar-refractivity contribution in [1.29, 1.82) is 0 Å². The third kappa shape index (κ3) is 21.4. The van der Waals surface area contributed by atoms with Crippen LogP contribution in [0.4, 0.5) is 32.3 Å². The van der Waals surface area contributed by atoms with E-state index in [0.29, 0.717) is 11.1 Å². The minimum Gasteiger partial charge on any atom is -0.367 e. The number of alkyl halides is 2. The number of hydrogen-bond acceptors (Lipinski definition) is 41. The van der Waals surface area contributed by atoms with Crippen LogP contribution in [0.3, 0.4) is 0 Å². The maximum Gasteiger partial charge on any atom is 0.472 e. The number of fused-ring (bicyclic) bond motifs is 9. The quantitative estimate of drug-likeness (QED) is 0.0167. The van der Waals surface area contributed by atoms with Gasteiger partial charge in [0.2, 0.25) is 36.8 Å². The Morgan fingerprint density at radius 3 is 1.46 bits per heavy atom. The monoisotopic (exact) mass is 2110 g/mol. The highest BCUT2D eigenvalue weighted by molar-refractivity contribution is 8.07. The molecule has 18 heterocycles. The van der Waals surface area contributed by atoms with E-state index < -0.39 is 200 Å². The average Bonchev–Trinajstić information content (AvgIpc) is 1.56. The molecule has 13 aromatic rings. The Kier molecular flexibility index (Phi) is 31.1. The van der Waals surface area contributed by atoms with Crippen molar-refractivity contribution in [1.82, 2.24) is 89.2 Å². The van der Waals surface area contributed by atoms with E-state index in [2.05, 4.69) is 95.7 Å². The van der Waals surface area contributed by atoms with Gasteiger partial charge in [0.05, 0.1) is 70.3 Å². The fourth-order valence-corrected chi connectivity index (χ4v) is 23.9. The van der Waals surface area contributed by atoms with Crippen LogP contribution in [0.15, 0.2) is 168 Å². The number of amides is 4. The number of carbonyl (C=O) groups excluding carboxylic acids is 4. The largest absolute Gasteiger partial charge is 0.472 e. The number of nitrogens with one attached hydrogen (secondary N) is 6. The van der Waals surface area contributed by atoms with Crippen LogP contribution < -0.4 is 43.3 Å². The van der Waals surface area contributed by atoms with Gasteiger partial charge in [-0.2, -0.15) is 9.97 Å². The third-order valence-electron chi connectivity index (χ3n) is 22.6. The number of aromatic amines is 2. The molecule has 3 aromatic carbocycles. The zero-order valence-corrected chi connectivity index (χ0v) is 81.3. The van der Waals surface area contributed by atoms with E-state index in [1.165, 1.54) is 51.1 Å². The van der Waals surface area contributed by atoms with Crippen molar-refractivity contribution in [3.63, 3.8) is 0 Å². The lowest BCUT2D eigenvalue weighted by Gasteiger charge is -2.33.